The molecular weight excluding hydrogens is 579 g/mol. The Morgan fingerprint density at radius 1 is 1.12 bits per heavy atom. The van der Waals surface area contributed by atoms with Crippen molar-refractivity contribution in [1.82, 2.24) is 20.0 Å². The van der Waals surface area contributed by atoms with Crippen LogP contribution in [0.1, 0.15) is 11.1 Å². The van der Waals surface area contributed by atoms with Crippen molar-refractivity contribution in [2.24, 2.45) is 0 Å². The van der Waals surface area contributed by atoms with E-state index in [9.17, 15) is 40.0 Å². The monoisotopic (exact) mass is 600 g/mol. The first-order valence-electron chi connectivity index (χ1n) is 11.7. The zero-order valence-corrected chi connectivity index (χ0v) is 21.8. The lowest BCUT2D eigenvalue weighted by Crippen LogP contribution is -2.54. The topological polar surface area (TPSA) is 134 Å². The number of aromatic nitrogens is 2. The molecule has 0 unspecified atom stereocenters. The van der Waals surface area contributed by atoms with E-state index < -0.39 is 58.5 Å². The number of nitrogens with zero attached hydrogens (tertiary/aromatic N) is 4. The fourth-order valence-corrected chi connectivity index (χ4v) is 5.17. The van der Waals surface area contributed by atoms with E-state index in [2.05, 4.69) is 20.0 Å². The molecule has 11 nitrogen and oxygen atoms in total. The molecule has 1 aromatic carbocycles. The van der Waals surface area contributed by atoms with Crippen LogP contribution < -0.4 is 24.0 Å². The average molecular weight is 601 g/mol. The highest BCUT2D eigenvalue weighted by Gasteiger charge is 2.34. The van der Waals surface area contributed by atoms with Crippen molar-refractivity contribution < 1.29 is 44.7 Å². The highest BCUT2D eigenvalue weighted by atomic mass is 32.2. The van der Waals surface area contributed by atoms with E-state index in [1.165, 1.54) is 13.2 Å². The van der Waals surface area contributed by atoms with Crippen LogP contribution in [0.15, 0.2) is 54.9 Å². The second kappa shape index (κ2) is 11.5. The van der Waals surface area contributed by atoms with Crippen molar-refractivity contribution in [3.8, 4) is 5.88 Å². The van der Waals surface area contributed by atoms with Crippen LogP contribution in [0.25, 0.3) is 0 Å². The Kier molecular flexibility index (Phi) is 8.27. The average Bonchev–Trinajstić information content (AvgIpc) is 3.31. The number of hydrogen-bond donors (Lipinski definition) is 2. The van der Waals surface area contributed by atoms with Crippen LogP contribution in [0.5, 0.6) is 5.88 Å². The third-order valence-corrected chi connectivity index (χ3v) is 7.20. The molecule has 2 N–H and O–H groups in total. The number of carbonyl (C=O) groups is 2. The number of benzene rings is 1. The van der Waals surface area contributed by atoms with Crippen LogP contribution in [-0.4, -0.2) is 56.3 Å². The molecule has 0 radical (unpaired) electrons. The molecule has 3 amide bonds. The van der Waals surface area contributed by atoms with Gasteiger partial charge in [0.15, 0.2) is 0 Å². The SMILES string of the molecule is CN(C(=O)[C@H](Cc1cc(F)cc(F)c1)NC(=O)NS(=O)(=O)N1CCc2cccnc21)c1ccc(OC(F)(F)F)nc1. The Morgan fingerprint density at radius 2 is 1.83 bits per heavy atom. The second-order valence-electron chi connectivity index (χ2n) is 8.72. The summed E-state index contributed by atoms with van der Waals surface area (Å²) in [6.45, 7) is 0.00365. The number of hydrogen-bond acceptors (Lipinski definition) is 7. The lowest BCUT2D eigenvalue weighted by Gasteiger charge is -2.25. The van der Waals surface area contributed by atoms with E-state index in [-0.39, 0.29) is 23.6 Å². The van der Waals surface area contributed by atoms with Crippen LogP contribution >= 0.6 is 0 Å². The van der Waals surface area contributed by atoms with Crippen molar-refractivity contribution in [2.75, 3.05) is 22.8 Å². The quantitative estimate of drug-likeness (QED) is 0.380. The number of anilines is 2. The van der Waals surface area contributed by atoms with E-state index in [1.807, 2.05) is 0 Å². The standard InChI is InChI=1S/C24H21F5N6O5S/c1-34(18-4-5-20(31-13-18)40-24(27,28)29)22(36)19(11-14-9-16(25)12-17(26)10-14)32-23(37)33-41(38,39)35-8-6-15-3-2-7-30-21(15)35/h2-5,7,9-10,12-13,19H,6,8,11H2,1H3,(H2,32,33,37)/t19-/m0/s1. The Hall–Kier alpha value is -4.54. The zero-order chi connectivity index (χ0) is 29.9. The summed E-state index contributed by atoms with van der Waals surface area (Å²) in [7, 11) is -3.27. The van der Waals surface area contributed by atoms with Gasteiger partial charge < -0.3 is 15.0 Å². The molecule has 0 saturated heterocycles. The number of amides is 3. The normalized spacial score (nSPS) is 13.8. The van der Waals surface area contributed by atoms with Gasteiger partial charge in [0.1, 0.15) is 23.5 Å². The molecule has 2 aromatic heterocycles. The van der Waals surface area contributed by atoms with Gasteiger partial charge in [-0.2, -0.15) is 8.42 Å². The number of rotatable bonds is 8. The first kappa shape index (κ1) is 29.4. The van der Waals surface area contributed by atoms with Crippen LogP contribution in [0.3, 0.4) is 0 Å². The zero-order valence-electron chi connectivity index (χ0n) is 21.0. The number of ether oxygens (including phenoxy) is 1. The summed E-state index contributed by atoms with van der Waals surface area (Å²) in [4.78, 5) is 34.5. The summed E-state index contributed by atoms with van der Waals surface area (Å²) < 4.78 is 97.1. The highest BCUT2D eigenvalue weighted by molar-refractivity contribution is 7.91. The third kappa shape index (κ3) is 7.36. The van der Waals surface area contributed by atoms with Crippen molar-refractivity contribution in [2.45, 2.75) is 25.2 Å². The molecule has 1 aliphatic rings. The number of urea groups is 1. The predicted molar refractivity (Wildman–Crippen MR) is 134 cm³/mol. The number of carbonyl (C=O) groups excluding carboxylic acids is 2. The van der Waals surface area contributed by atoms with Crippen LogP contribution in [0.4, 0.5) is 38.3 Å². The van der Waals surface area contributed by atoms with Crippen molar-refractivity contribution in [1.29, 1.82) is 0 Å². The van der Waals surface area contributed by atoms with E-state index in [4.69, 9.17) is 0 Å². The second-order valence-corrected chi connectivity index (χ2v) is 10.3. The maximum Gasteiger partial charge on any atom is 0.574 e. The Balaban J connectivity index is 1.54. The molecule has 3 aromatic rings. The molecule has 3 heterocycles. The number of alkyl halides is 3. The molecule has 0 bridgehead atoms. The maximum absolute atomic E-state index is 13.8. The minimum atomic E-state index is -4.99. The van der Waals surface area contributed by atoms with Gasteiger partial charge in [0.2, 0.25) is 11.8 Å². The molecular formula is C24H21F5N6O5S. The van der Waals surface area contributed by atoms with Gasteiger partial charge in [-0.1, -0.05) is 6.07 Å². The molecule has 41 heavy (non-hydrogen) atoms. The summed E-state index contributed by atoms with van der Waals surface area (Å²) in [6, 6.07) is 4.73. The minimum absolute atomic E-state index is 0.00365. The highest BCUT2D eigenvalue weighted by Crippen LogP contribution is 2.27. The largest absolute Gasteiger partial charge is 0.574 e. The van der Waals surface area contributed by atoms with Crippen molar-refractivity contribution in [3.63, 3.8) is 0 Å². The van der Waals surface area contributed by atoms with Gasteiger partial charge in [0, 0.05) is 38.3 Å². The lowest BCUT2D eigenvalue weighted by atomic mass is 10.0. The fraction of sp³-hybridized carbons (Fsp3) is 0.250. The molecule has 0 fully saturated rings. The minimum Gasteiger partial charge on any atom is -0.388 e. The summed E-state index contributed by atoms with van der Waals surface area (Å²) in [5.41, 5.74) is 0.554. The van der Waals surface area contributed by atoms with Crippen LogP contribution in [0, 0.1) is 11.6 Å². The van der Waals surface area contributed by atoms with Gasteiger partial charge in [0.05, 0.1) is 11.9 Å². The van der Waals surface area contributed by atoms with Crippen LogP contribution in [0.2, 0.25) is 0 Å². The fourth-order valence-electron chi connectivity index (χ4n) is 4.05. The van der Waals surface area contributed by atoms with Gasteiger partial charge in [-0.05, 0) is 41.8 Å². The molecule has 0 spiro atoms. The molecule has 4 rings (SSSR count). The number of halogens is 5. The molecule has 0 saturated carbocycles. The third-order valence-electron chi connectivity index (χ3n) is 5.82. The summed E-state index contributed by atoms with van der Waals surface area (Å²) >= 11 is 0. The summed E-state index contributed by atoms with van der Waals surface area (Å²) in [5, 5.41) is 2.19. The number of pyridine rings is 2. The first-order chi connectivity index (χ1) is 19.2. The number of likely N-dealkylation sites (N-methyl/N-ethyl adjacent to an activating group) is 1. The van der Waals surface area contributed by atoms with Crippen molar-refractivity contribution >= 4 is 33.7 Å². The number of nitrogens with one attached hydrogen (secondary N) is 2. The van der Waals surface area contributed by atoms with Gasteiger partial charge in [-0.3, -0.25) is 4.79 Å². The smallest absolute Gasteiger partial charge is 0.388 e. The van der Waals surface area contributed by atoms with Crippen LogP contribution in [-0.2, 0) is 27.8 Å². The van der Waals surface area contributed by atoms with E-state index in [0.717, 1.165) is 39.7 Å². The van der Waals surface area contributed by atoms with Gasteiger partial charge in [-0.25, -0.2) is 32.6 Å². The molecule has 218 valence electrons. The molecule has 1 aliphatic heterocycles. The molecule has 0 aliphatic carbocycles. The molecule has 17 heteroatoms. The van der Waals surface area contributed by atoms with Gasteiger partial charge in [0.25, 0.3) is 0 Å². The van der Waals surface area contributed by atoms with Gasteiger partial charge >= 0.3 is 22.6 Å². The maximum atomic E-state index is 13.8. The predicted octanol–water partition coefficient (Wildman–Crippen LogP) is 2.83. The van der Waals surface area contributed by atoms with E-state index in [0.29, 0.717) is 18.1 Å². The summed E-state index contributed by atoms with van der Waals surface area (Å²) in [6.07, 6.45) is -2.86. The Bertz CT molecular complexity index is 1530. The Morgan fingerprint density at radius 3 is 2.46 bits per heavy atom. The first-order valence-corrected chi connectivity index (χ1v) is 13.1. The van der Waals surface area contributed by atoms with Gasteiger partial charge in [-0.15, -0.1) is 13.2 Å². The molecule has 1 atom stereocenters. The van der Waals surface area contributed by atoms with E-state index in [1.54, 1.807) is 16.9 Å². The Labute approximate surface area is 230 Å². The number of fused-ring (bicyclic) bond motifs is 1. The van der Waals surface area contributed by atoms with E-state index >= 15 is 0 Å². The lowest BCUT2D eigenvalue weighted by molar-refractivity contribution is -0.276. The summed E-state index contributed by atoms with van der Waals surface area (Å²) in [5.74, 6) is -3.51. The van der Waals surface area contributed by atoms with Crippen molar-refractivity contribution in [3.05, 3.63) is 77.6 Å².